The SMILES string of the molecule is CNCc1cc(C)nc(Cc2csc(C)n2)n1. The van der Waals surface area contributed by atoms with Crippen molar-refractivity contribution < 1.29 is 0 Å². The van der Waals surface area contributed by atoms with Crippen molar-refractivity contribution in [2.75, 3.05) is 7.05 Å². The van der Waals surface area contributed by atoms with Crippen LogP contribution < -0.4 is 5.32 Å². The van der Waals surface area contributed by atoms with E-state index in [-0.39, 0.29) is 0 Å². The Morgan fingerprint density at radius 2 is 2.00 bits per heavy atom. The van der Waals surface area contributed by atoms with Crippen LogP contribution >= 0.6 is 11.3 Å². The first kappa shape index (κ1) is 12.1. The number of aryl methyl sites for hydroxylation is 2. The van der Waals surface area contributed by atoms with Crippen LogP contribution in [0.4, 0.5) is 0 Å². The van der Waals surface area contributed by atoms with Gasteiger partial charge in [0.25, 0.3) is 0 Å². The van der Waals surface area contributed by atoms with Crippen molar-refractivity contribution in [1.29, 1.82) is 0 Å². The van der Waals surface area contributed by atoms with Crippen molar-refractivity contribution in [2.45, 2.75) is 26.8 Å². The van der Waals surface area contributed by atoms with Crippen LogP contribution in [0.15, 0.2) is 11.4 Å². The lowest BCUT2D eigenvalue weighted by atomic mass is 10.2. The molecule has 1 N–H and O–H groups in total. The summed E-state index contributed by atoms with van der Waals surface area (Å²) in [6, 6.07) is 2.01. The van der Waals surface area contributed by atoms with Gasteiger partial charge in [-0.05, 0) is 27.0 Å². The summed E-state index contributed by atoms with van der Waals surface area (Å²) in [6.45, 7) is 4.78. The van der Waals surface area contributed by atoms with E-state index in [2.05, 4.69) is 25.6 Å². The summed E-state index contributed by atoms with van der Waals surface area (Å²) in [5.74, 6) is 0.848. The Kier molecular flexibility index (Phi) is 3.81. The van der Waals surface area contributed by atoms with Crippen LogP contribution in [-0.2, 0) is 13.0 Å². The number of hydrogen-bond donors (Lipinski definition) is 1. The average molecular weight is 248 g/mol. The molecule has 0 spiro atoms. The van der Waals surface area contributed by atoms with Crippen LogP contribution in [0.2, 0.25) is 0 Å². The Bertz CT molecular complexity index is 507. The van der Waals surface area contributed by atoms with E-state index in [0.717, 1.165) is 34.5 Å². The fraction of sp³-hybridized carbons (Fsp3) is 0.417. The molecule has 17 heavy (non-hydrogen) atoms. The van der Waals surface area contributed by atoms with Crippen LogP contribution in [-0.4, -0.2) is 22.0 Å². The molecule has 0 amide bonds. The van der Waals surface area contributed by atoms with Gasteiger partial charge >= 0.3 is 0 Å². The second kappa shape index (κ2) is 5.33. The van der Waals surface area contributed by atoms with Crippen molar-refractivity contribution in [2.24, 2.45) is 0 Å². The second-order valence-electron chi connectivity index (χ2n) is 3.98. The Balaban J connectivity index is 2.20. The predicted molar refractivity (Wildman–Crippen MR) is 69.2 cm³/mol. The minimum atomic E-state index is 0.711. The lowest BCUT2D eigenvalue weighted by Gasteiger charge is -2.04. The van der Waals surface area contributed by atoms with E-state index >= 15 is 0 Å². The molecule has 0 unspecified atom stereocenters. The molecule has 5 heteroatoms. The van der Waals surface area contributed by atoms with E-state index in [1.54, 1.807) is 11.3 Å². The first-order chi connectivity index (χ1) is 8.17. The zero-order chi connectivity index (χ0) is 12.3. The Morgan fingerprint density at radius 1 is 1.18 bits per heavy atom. The highest BCUT2D eigenvalue weighted by Crippen LogP contribution is 2.11. The molecule has 2 rings (SSSR count). The molecule has 2 aromatic heterocycles. The molecule has 0 aliphatic rings. The van der Waals surface area contributed by atoms with E-state index in [9.17, 15) is 0 Å². The van der Waals surface area contributed by atoms with Gasteiger partial charge in [0.15, 0.2) is 0 Å². The van der Waals surface area contributed by atoms with E-state index in [1.165, 1.54) is 0 Å². The largest absolute Gasteiger partial charge is 0.314 e. The Labute approximate surface area is 105 Å². The molecule has 0 atom stereocenters. The number of rotatable bonds is 4. The molecular weight excluding hydrogens is 232 g/mol. The van der Waals surface area contributed by atoms with Gasteiger partial charge < -0.3 is 5.32 Å². The normalized spacial score (nSPS) is 10.8. The number of nitrogens with zero attached hydrogens (tertiary/aromatic N) is 3. The van der Waals surface area contributed by atoms with Crippen LogP contribution in [0, 0.1) is 13.8 Å². The van der Waals surface area contributed by atoms with E-state index < -0.39 is 0 Å². The van der Waals surface area contributed by atoms with E-state index in [4.69, 9.17) is 0 Å². The topological polar surface area (TPSA) is 50.7 Å². The minimum absolute atomic E-state index is 0.711. The first-order valence-electron chi connectivity index (χ1n) is 5.56. The third kappa shape index (κ3) is 3.31. The molecule has 0 aromatic carbocycles. The van der Waals surface area contributed by atoms with Gasteiger partial charge in [0.2, 0.25) is 0 Å². The summed E-state index contributed by atoms with van der Waals surface area (Å²) in [4.78, 5) is 13.4. The van der Waals surface area contributed by atoms with Crippen molar-refractivity contribution in [3.63, 3.8) is 0 Å². The van der Waals surface area contributed by atoms with Gasteiger partial charge in [0.1, 0.15) is 5.82 Å². The third-order valence-electron chi connectivity index (χ3n) is 2.32. The molecule has 2 heterocycles. The van der Waals surface area contributed by atoms with Crippen LogP contribution in [0.5, 0.6) is 0 Å². The number of nitrogens with one attached hydrogen (secondary N) is 1. The summed E-state index contributed by atoms with van der Waals surface area (Å²) < 4.78 is 0. The lowest BCUT2D eigenvalue weighted by Crippen LogP contribution is -2.10. The molecule has 0 fully saturated rings. The monoisotopic (exact) mass is 248 g/mol. The summed E-state index contributed by atoms with van der Waals surface area (Å²) in [7, 11) is 1.92. The predicted octanol–water partition coefficient (Wildman–Crippen LogP) is 1.86. The maximum absolute atomic E-state index is 4.52. The summed E-state index contributed by atoms with van der Waals surface area (Å²) >= 11 is 1.66. The van der Waals surface area contributed by atoms with Gasteiger partial charge in [0, 0.05) is 17.6 Å². The van der Waals surface area contributed by atoms with Crippen LogP contribution in [0.25, 0.3) is 0 Å². The molecule has 0 bridgehead atoms. The standard InChI is InChI=1S/C12H16N4S/c1-8-4-10(6-13-3)16-12(14-8)5-11-7-17-9(2)15-11/h4,7,13H,5-6H2,1-3H3. The molecule has 90 valence electrons. The van der Waals surface area contributed by atoms with Crippen LogP contribution in [0.1, 0.15) is 27.9 Å². The Hall–Kier alpha value is -1.33. The first-order valence-corrected chi connectivity index (χ1v) is 6.44. The molecular formula is C12H16N4S. The summed E-state index contributed by atoms with van der Waals surface area (Å²) in [5, 5.41) is 6.26. The van der Waals surface area contributed by atoms with E-state index in [0.29, 0.717) is 6.42 Å². The number of aromatic nitrogens is 3. The zero-order valence-electron chi connectivity index (χ0n) is 10.3. The summed E-state index contributed by atoms with van der Waals surface area (Å²) in [6.07, 6.45) is 0.711. The summed E-state index contributed by atoms with van der Waals surface area (Å²) in [5.41, 5.74) is 3.09. The van der Waals surface area contributed by atoms with Crippen molar-refractivity contribution in [1.82, 2.24) is 20.3 Å². The zero-order valence-corrected chi connectivity index (χ0v) is 11.1. The number of hydrogen-bond acceptors (Lipinski definition) is 5. The maximum atomic E-state index is 4.52. The smallest absolute Gasteiger partial charge is 0.134 e. The average Bonchev–Trinajstić information content (AvgIpc) is 2.63. The lowest BCUT2D eigenvalue weighted by molar-refractivity contribution is 0.766. The molecule has 2 aromatic rings. The van der Waals surface area contributed by atoms with Gasteiger partial charge in [-0.1, -0.05) is 0 Å². The highest BCUT2D eigenvalue weighted by molar-refractivity contribution is 7.09. The molecule has 0 aliphatic heterocycles. The van der Waals surface area contributed by atoms with Crippen molar-refractivity contribution in [3.8, 4) is 0 Å². The van der Waals surface area contributed by atoms with Crippen molar-refractivity contribution in [3.05, 3.63) is 39.4 Å². The highest BCUT2D eigenvalue weighted by Gasteiger charge is 2.05. The fourth-order valence-corrected chi connectivity index (χ4v) is 2.31. The molecule has 0 aliphatic carbocycles. The van der Waals surface area contributed by atoms with Crippen molar-refractivity contribution >= 4 is 11.3 Å². The second-order valence-corrected chi connectivity index (χ2v) is 5.04. The third-order valence-corrected chi connectivity index (χ3v) is 3.14. The number of thiazole rings is 1. The molecule has 0 saturated carbocycles. The van der Waals surface area contributed by atoms with Crippen LogP contribution in [0.3, 0.4) is 0 Å². The molecule has 0 saturated heterocycles. The fourth-order valence-electron chi connectivity index (χ4n) is 1.70. The van der Waals surface area contributed by atoms with Gasteiger partial charge in [-0.3, -0.25) is 0 Å². The highest BCUT2D eigenvalue weighted by atomic mass is 32.1. The van der Waals surface area contributed by atoms with Gasteiger partial charge in [-0.2, -0.15) is 0 Å². The van der Waals surface area contributed by atoms with Gasteiger partial charge in [-0.25, -0.2) is 15.0 Å². The van der Waals surface area contributed by atoms with Gasteiger partial charge in [-0.15, -0.1) is 11.3 Å². The quantitative estimate of drug-likeness (QED) is 0.897. The Morgan fingerprint density at radius 3 is 2.65 bits per heavy atom. The maximum Gasteiger partial charge on any atom is 0.134 e. The molecule has 4 nitrogen and oxygen atoms in total. The molecule has 0 radical (unpaired) electrons. The minimum Gasteiger partial charge on any atom is -0.314 e. The van der Waals surface area contributed by atoms with Gasteiger partial charge in [0.05, 0.1) is 22.8 Å². The van der Waals surface area contributed by atoms with E-state index in [1.807, 2.05) is 27.0 Å².